The van der Waals surface area contributed by atoms with Crippen LogP contribution in [0.1, 0.15) is 5.69 Å². The first-order chi connectivity index (χ1) is 8.25. The van der Waals surface area contributed by atoms with Gasteiger partial charge in [0.05, 0.1) is 0 Å². The minimum Gasteiger partial charge on any atom is -0.314 e. The summed E-state index contributed by atoms with van der Waals surface area (Å²) in [5, 5.41) is 7.38. The third-order valence-corrected chi connectivity index (χ3v) is 3.92. The molecule has 1 aromatic rings. The van der Waals surface area contributed by atoms with Crippen LogP contribution in [0, 0.1) is 0 Å². The number of piperazine rings is 1. The molecule has 0 spiro atoms. The predicted molar refractivity (Wildman–Crippen MR) is 70.6 cm³/mol. The maximum Gasteiger partial charge on any atom is 0.138 e. The molecule has 0 aliphatic carbocycles. The number of halogens is 1. The van der Waals surface area contributed by atoms with Crippen LogP contribution in [-0.2, 0) is 6.54 Å². The molecule has 96 valence electrons. The van der Waals surface area contributed by atoms with Crippen LogP contribution >= 0.6 is 23.1 Å². The Morgan fingerprint density at radius 2 is 2.24 bits per heavy atom. The summed E-state index contributed by atoms with van der Waals surface area (Å²) in [4.78, 5) is 4.72. The second-order valence-electron chi connectivity index (χ2n) is 4.32. The Hall–Kier alpha value is -0.270. The van der Waals surface area contributed by atoms with Crippen molar-refractivity contribution in [2.24, 2.45) is 0 Å². The molecule has 1 aliphatic heterocycles. The lowest BCUT2D eigenvalue weighted by atomic mass is 10.3. The molecule has 1 aliphatic rings. The molecule has 1 saturated heterocycles. The molecule has 2 heterocycles. The lowest BCUT2D eigenvalue weighted by Gasteiger charge is -2.28. The van der Waals surface area contributed by atoms with Gasteiger partial charge in [0, 0.05) is 57.3 Å². The van der Waals surface area contributed by atoms with Crippen LogP contribution in [0.4, 0.5) is 0 Å². The van der Waals surface area contributed by atoms with Gasteiger partial charge in [-0.05, 0) is 7.05 Å². The summed E-state index contributed by atoms with van der Waals surface area (Å²) in [6.45, 7) is 7.42. The first-order valence-electron chi connectivity index (χ1n) is 5.84. The Bertz CT molecular complexity index is 339. The number of hydrogen-bond acceptors (Lipinski definition) is 6. The molecule has 0 radical (unpaired) electrons. The summed E-state index contributed by atoms with van der Waals surface area (Å²) in [5.41, 5.74) is 0.888. The van der Waals surface area contributed by atoms with Crippen LogP contribution in [0.2, 0.25) is 4.34 Å². The highest BCUT2D eigenvalue weighted by atomic mass is 35.5. The van der Waals surface area contributed by atoms with Crippen LogP contribution < -0.4 is 5.32 Å². The van der Waals surface area contributed by atoms with E-state index >= 15 is 0 Å². The van der Waals surface area contributed by atoms with E-state index in [1.165, 1.54) is 11.5 Å². The van der Waals surface area contributed by atoms with E-state index in [-0.39, 0.29) is 0 Å². The fourth-order valence-corrected chi connectivity index (χ4v) is 2.48. The highest BCUT2D eigenvalue weighted by Crippen LogP contribution is 2.18. The van der Waals surface area contributed by atoms with Crippen molar-refractivity contribution in [2.45, 2.75) is 6.54 Å². The first kappa shape index (κ1) is 13.2. The molecule has 0 atom stereocenters. The summed E-state index contributed by atoms with van der Waals surface area (Å²) in [6.07, 6.45) is 0. The van der Waals surface area contributed by atoms with Gasteiger partial charge < -0.3 is 5.32 Å². The number of aromatic nitrogens is 2. The molecule has 0 saturated carbocycles. The Labute approximate surface area is 111 Å². The Morgan fingerprint density at radius 1 is 1.47 bits per heavy atom. The summed E-state index contributed by atoms with van der Waals surface area (Å²) in [7, 11) is 2.10. The van der Waals surface area contributed by atoms with Crippen LogP contribution in [0.5, 0.6) is 0 Å². The van der Waals surface area contributed by atoms with Crippen LogP contribution in [0.25, 0.3) is 0 Å². The summed E-state index contributed by atoms with van der Waals surface area (Å²) in [6, 6.07) is 0. The number of likely N-dealkylation sites (N-methyl/N-ethyl adjacent to an activating group) is 1. The highest BCUT2D eigenvalue weighted by Gasteiger charge is 2.12. The standard InChI is InChI=1S/C10H18ClN5S/c1-15(8-9-10(11)17-14-13-9)6-7-16-4-2-12-3-5-16/h12H,2-8H2,1H3. The van der Waals surface area contributed by atoms with Gasteiger partial charge in [-0.15, -0.1) is 5.10 Å². The van der Waals surface area contributed by atoms with Gasteiger partial charge in [0.15, 0.2) is 0 Å². The number of rotatable bonds is 5. The zero-order chi connectivity index (χ0) is 12.1. The highest BCUT2D eigenvalue weighted by molar-refractivity contribution is 7.10. The Balaban J connectivity index is 1.70. The van der Waals surface area contributed by atoms with Crippen molar-refractivity contribution < 1.29 is 0 Å². The first-order valence-corrected chi connectivity index (χ1v) is 6.99. The van der Waals surface area contributed by atoms with Crippen molar-refractivity contribution in [1.82, 2.24) is 24.7 Å². The smallest absolute Gasteiger partial charge is 0.138 e. The van der Waals surface area contributed by atoms with Gasteiger partial charge in [0.1, 0.15) is 10.0 Å². The van der Waals surface area contributed by atoms with Crippen LogP contribution in [0.3, 0.4) is 0 Å². The normalized spacial score (nSPS) is 17.8. The van der Waals surface area contributed by atoms with E-state index in [9.17, 15) is 0 Å². The number of hydrogen-bond donors (Lipinski definition) is 1. The van der Waals surface area contributed by atoms with E-state index in [0.29, 0.717) is 4.34 Å². The molecule has 1 aromatic heterocycles. The molecule has 2 rings (SSSR count). The van der Waals surface area contributed by atoms with Crippen LogP contribution in [-0.4, -0.2) is 65.7 Å². The largest absolute Gasteiger partial charge is 0.314 e. The van der Waals surface area contributed by atoms with E-state index in [1.54, 1.807) is 0 Å². The zero-order valence-corrected chi connectivity index (χ0v) is 11.6. The van der Waals surface area contributed by atoms with Gasteiger partial charge in [-0.2, -0.15) is 0 Å². The lowest BCUT2D eigenvalue weighted by molar-refractivity contribution is 0.201. The molecular formula is C10H18ClN5S. The zero-order valence-electron chi connectivity index (χ0n) is 10.0. The molecule has 17 heavy (non-hydrogen) atoms. The average Bonchev–Trinajstić information content (AvgIpc) is 2.74. The van der Waals surface area contributed by atoms with Gasteiger partial charge in [-0.3, -0.25) is 9.80 Å². The van der Waals surface area contributed by atoms with Crippen molar-refractivity contribution in [3.8, 4) is 0 Å². The molecule has 7 heteroatoms. The Morgan fingerprint density at radius 3 is 2.88 bits per heavy atom. The molecule has 0 unspecified atom stereocenters. The quantitative estimate of drug-likeness (QED) is 0.849. The van der Waals surface area contributed by atoms with Crippen LogP contribution in [0.15, 0.2) is 0 Å². The second kappa shape index (κ2) is 6.61. The topological polar surface area (TPSA) is 44.3 Å². The van der Waals surface area contributed by atoms with Crippen molar-refractivity contribution >= 4 is 23.1 Å². The fourth-order valence-electron chi connectivity index (χ4n) is 1.87. The van der Waals surface area contributed by atoms with Gasteiger partial charge in [-0.25, -0.2) is 0 Å². The molecule has 5 nitrogen and oxygen atoms in total. The minimum absolute atomic E-state index is 0.707. The van der Waals surface area contributed by atoms with E-state index in [4.69, 9.17) is 11.6 Å². The summed E-state index contributed by atoms with van der Waals surface area (Å²) < 4.78 is 4.55. The van der Waals surface area contributed by atoms with E-state index in [1.807, 2.05) is 0 Å². The van der Waals surface area contributed by atoms with E-state index < -0.39 is 0 Å². The average molecular weight is 276 g/mol. The third-order valence-electron chi connectivity index (χ3n) is 2.94. The number of nitrogens with zero attached hydrogens (tertiary/aromatic N) is 4. The maximum atomic E-state index is 5.98. The van der Waals surface area contributed by atoms with E-state index in [0.717, 1.165) is 51.5 Å². The second-order valence-corrected chi connectivity index (χ2v) is 5.68. The molecule has 1 N–H and O–H groups in total. The fraction of sp³-hybridized carbons (Fsp3) is 0.800. The molecule has 0 amide bonds. The van der Waals surface area contributed by atoms with Gasteiger partial charge in [0.25, 0.3) is 0 Å². The minimum atomic E-state index is 0.707. The SMILES string of the molecule is CN(CCN1CCNCC1)Cc1nnsc1Cl. The monoisotopic (exact) mass is 275 g/mol. The predicted octanol–water partition coefficient (Wildman–Crippen LogP) is 0.528. The summed E-state index contributed by atoms with van der Waals surface area (Å²) in [5.74, 6) is 0. The lowest BCUT2D eigenvalue weighted by Crippen LogP contribution is -2.45. The third kappa shape index (κ3) is 4.15. The molecule has 0 bridgehead atoms. The maximum absolute atomic E-state index is 5.98. The van der Waals surface area contributed by atoms with E-state index in [2.05, 4.69) is 31.8 Å². The number of nitrogens with one attached hydrogen (secondary N) is 1. The summed E-state index contributed by atoms with van der Waals surface area (Å²) >= 11 is 7.23. The molecular weight excluding hydrogens is 258 g/mol. The Kier molecular flexibility index (Phi) is 5.12. The van der Waals surface area contributed by atoms with Gasteiger partial charge >= 0.3 is 0 Å². The molecule has 1 fully saturated rings. The van der Waals surface area contributed by atoms with Crippen molar-refractivity contribution in [1.29, 1.82) is 0 Å². The van der Waals surface area contributed by atoms with Crippen molar-refractivity contribution in [2.75, 3.05) is 46.3 Å². The van der Waals surface area contributed by atoms with Crippen molar-refractivity contribution in [3.63, 3.8) is 0 Å². The van der Waals surface area contributed by atoms with Crippen molar-refractivity contribution in [3.05, 3.63) is 10.0 Å². The van der Waals surface area contributed by atoms with Gasteiger partial charge in [-0.1, -0.05) is 16.1 Å². The van der Waals surface area contributed by atoms with Gasteiger partial charge in [0.2, 0.25) is 0 Å². The molecule has 0 aromatic carbocycles.